The van der Waals surface area contributed by atoms with Crippen LogP contribution in [0.1, 0.15) is 37.7 Å². The van der Waals surface area contributed by atoms with Gasteiger partial charge in [0.15, 0.2) is 0 Å². The molecule has 0 aliphatic carbocycles. The van der Waals surface area contributed by atoms with Crippen LogP contribution in [0.4, 0.5) is 13.2 Å². The zero-order valence-electron chi connectivity index (χ0n) is 14.3. The van der Waals surface area contributed by atoms with Gasteiger partial charge in [-0.05, 0) is 25.8 Å². The summed E-state index contributed by atoms with van der Waals surface area (Å²) in [6.07, 6.45) is -0.338. The first-order valence-corrected chi connectivity index (χ1v) is 8.64. The number of imidazole rings is 1. The molecule has 140 valence electrons. The monoisotopic (exact) mass is 367 g/mol. The third-order valence-electron chi connectivity index (χ3n) is 4.96. The van der Waals surface area contributed by atoms with Gasteiger partial charge in [0.1, 0.15) is 23.1 Å². The summed E-state index contributed by atoms with van der Waals surface area (Å²) in [5.74, 6) is 0.532. The van der Waals surface area contributed by atoms with Gasteiger partial charge in [-0.25, -0.2) is 9.97 Å². The van der Waals surface area contributed by atoms with Crippen LogP contribution in [0.5, 0.6) is 0 Å². The summed E-state index contributed by atoms with van der Waals surface area (Å²) in [6.45, 7) is 1.51. The van der Waals surface area contributed by atoms with E-state index in [0.29, 0.717) is 37.3 Å². The summed E-state index contributed by atoms with van der Waals surface area (Å²) in [5, 5.41) is 11.1. The normalized spacial score (nSPS) is 18.8. The molecule has 2 N–H and O–H groups in total. The van der Waals surface area contributed by atoms with Gasteiger partial charge in [0, 0.05) is 30.7 Å². The van der Waals surface area contributed by atoms with Crippen molar-refractivity contribution in [1.82, 2.24) is 24.4 Å². The third-order valence-corrected chi connectivity index (χ3v) is 4.96. The van der Waals surface area contributed by atoms with Crippen molar-refractivity contribution in [3.8, 4) is 0 Å². The highest BCUT2D eigenvalue weighted by molar-refractivity contribution is 6.01. The second kappa shape index (κ2) is 6.24. The first-order valence-electron chi connectivity index (χ1n) is 8.64. The number of likely N-dealkylation sites (tertiary alicyclic amines) is 1. The number of pyridine rings is 1. The van der Waals surface area contributed by atoms with E-state index in [2.05, 4.69) is 15.0 Å². The number of aliphatic hydroxyl groups excluding tert-OH is 1. The molecular weight excluding hydrogens is 347 g/mol. The highest BCUT2D eigenvalue weighted by Crippen LogP contribution is 2.34. The molecule has 0 amide bonds. The quantitative estimate of drug-likeness (QED) is 0.746. The Balaban J connectivity index is 1.72. The number of fused-ring (bicyclic) bond motifs is 3. The Bertz CT molecular complexity index is 922. The highest BCUT2D eigenvalue weighted by atomic mass is 19.4. The zero-order chi connectivity index (χ0) is 18.5. The number of aromatic nitrogens is 4. The summed E-state index contributed by atoms with van der Waals surface area (Å²) < 4.78 is 39.9. The van der Waals surface area contributed by atoms with E-state index in [1.165, 1.54) is 4.90 Å². The van der Waals surface area contributed by atoms with Gasteiger partial charge in [-0.1, -0.05) is 0 Å². The molecule has 1 atom stereocenters. The minimum absolute atomic E-state index is 0.00502. The number of alkyl halides is 3. The fourth-order valence-corrected chi connectivity index (χ4v) is 3.86. The summed E-state index contributed by atoms with van der Waals surface area (Å²) in [7, 11) is 0. The number of halogens is 3. The average Bonchev–Trinajstić information content (AvgIpc) is 3.17. The summed E-state index contributed by atoms with van der Waals surface area (Å²) in [6, 6.07) is 1.91. The SMILES string of the molecule is CC(O)c1nc2cnc3[nH]ccc3c2n1C1CCN(CC(F)(F)F)CC1. The van der Waals surface area contributed by atoms with Gasteiger partial charge < -0.3 is 14.7 Å². The van der Waals surface area contributed by atoms with Gasteiger partial charge in [-0.15, -0.1) is 0 Å². The lowest BCUT2D eigenvalue weighted by atomic mass is 10.0. The van der Waals surface area contributed by atoms with Crippen LogP contribution in [0.25, 0.3) is 22.1 Å². The molecule has 0 radical (unpaired) electrons. The number of hydrogen-bond donors (Lipinski definition) is 2. The number of hydrogen-bond acceptors (Lipinski definition) is 4. The Kier molecular flexibility index (Phi) is 4.15. The minimum atomic E-state index is -4.18. The number of nitrogens with one attached hydrogen (secondary N) is 1. The molecule has 3 aromatic rings. The third kappa shape index (κ3) is 3.05. The fourth-order valence-electron chi connectivity index (χ4n) is 3.86. The van der Waals surface area contributed by atoms with Gasteiger partial charge in [0.05, 0.1) is 18.3 Å². The molecule has 0 spiro atoms. The molecule has 1 aliphatic heterocycles. The molecule has 4 rings (SSSR count). The van der Waals surface area contributed by atoms with E-state index in [-0.39, 0.29) is 6.04 Å². The van der Waals surface area contributed by atoms with Crippen molar-refractivity contribution in [3.63, 3.8) is 0 Å². The molecule has 1 unspecified atom stereocenters. The van der Waals surface area contributed by atoms with Crippen molar-refractivity contribution < 1.29 is 18.3 Å². The van der Waals surface area contributed by atoms with E-state index in [1.54, 1.807) is 19.3 Å². The Labute approximate surface area is 147 Å². The van der Waals surface area contributed by atoms with Gasteiger partial charge >= 0.3 is 6.18 Å². The van der Waals surface area contributed by atoms with Crippen molar-refractivity contribution in [2.45, 2.75) is 38.1 Å². The van der Waals surface area contributed by atoms with E-state index in [4.69, 9.17) is 0 Å². The van der Waals surface area contributed by atoms with Crippen molar-refractivity contribution in [2.24, 2.45) is 0 Å². The van der Waals surface area contributed by atoms with Gasteiger partial charge in [-0.2, -0.15) is 13.2 Å². The molecule has 1 saturated heterocycles. The highest BCUT2D eigenvalue weighted by Gasteiger charge is 2.34. The average molecular weight is 367 g/mol. The molecule has 26 heavy (non-hydrogen) atoms. The van der Waals surface area contributed by atoms with E-state index < -0.39 is 18.8 Å². The van der Waals surface area contributed by atoms with E-state index in [0.717, 1.165) is 16.6 Å². The van der Waals surface area contributed by atoms with Crippen LogP contribution < -0.4 is 0 Å². The largest absolute Gasteiger partial charge is 0.401 e. The predicted molar refractivity (Wildman–Crippen MR) is 90.8 cm³/mol. The molecule has 0 saturated carbocycles. The minimum Gasteiger partial charge on any atom is -0.385 e. The van der Waals surface area contributed by atoms with Gasteiger partial charge in [0.25, 0.3) is 0 Å². The summed E-state index contributed by atoms with van der Waals surface area (Å²) in [5.41, 5.74) is 2.29. The lowest BCUT2D eigenvalue weighted by molar-refractivity contribution is -0.148. The van der Waals surface area contributed by atoms with Crippen LogP contribution in [-0.4, -0.2) is 55.3 Å². The van der Waals surface area contributed by atoms with Crippen LogP contribution in [-0.2, 0) is 0 Å². The van der Waals surface area contributed by atoms with Crippen LogP contribution in [0, 0.1) is 0 Å². The number of piperidine rings is 1. The molecule has 1 fully saturated rings. The standard InChI is InChI=1S/C17H20F3N5O/c1-10(26)16-23-13-8-22-15-12(2-5-21-15)14(13)25(16)11-3-6-24(7-4-11)9-17(18,19)20/h2,5,8,10-11,26H,3-4,6-7,9H2,1H3,(H,21,22). The maximum absolute atomic E-state index is 12.6. The summed E-state index contributed by atoms with van der Waals surface area (Å²) >= 11 is 0. The molecule has 0 bridgehead atoms. The molecule has 0 aromatic carbocycles. The van der Waals surface area contributed by atoms with Crippen molar-refractivity contribution in [3.05, 3.63) is 24.3 Å². The van der Waals surface area contributed by atoms with Crippen molar-refractivity contribution in [1.29, 1.82) is 0 Å². The predicted octanol–water partition coefficient (Wildman–Crippen LogP) is 3.17. The van der Waals surface area contributed by atoms with E-state index >= 15 is 0 Å². The van der Waals surface area contributed by atoms with Gasteiger partial charge in [0.2, 0.25) is 0 Å². The van der Waals surface area contributed by atoms with E-state index in [1.807, 2.05) is 10.6 Å². The molecule has 4 heterocycles. The number of rotatable bonds is 3. The lowest BCUT2D eigenvalue weighted by Crippen LogP contribution is -2.40. The number of aliphatic hydroxyl groups is 1. The second-order valence-electron chi connectivity index (χ2n) is 6.87. The van der Waals surface area contributed by atoms with Crippen LogP contribution >= 0.6 is 0 Å². The van der Waals surface area contributed by atoms with Crippen molar-refractivity contribution >= 4 is 22.1 Å². The smallest absolute Gasteiger partial charge is 0.385 e. The summed E-state index contributed by atoms with van der Waals surface area (Å²) in [4.78, 5) is 13.4. The topological polar surface area (TPSA) is 70.0 Å². The maximum atomic E-state index is 12.6. The second-order valence-corrected chi connectivity index (χ2v) is 6.87. The maximum Gasteiger partial charge on any atom is 0.401 e. The lowest BCUT2D eigenvalue weighted by Gasteiger charge is -2.34. The Morgan fingerprint density at radius 3 is 2.73 bits per heavy atom. The van der Waals surface area contributed by atoms with Crippen LogP contribution in [0.3, 0.4) is 0 Å². The molecule has 9 heteroatoms. The van der Waals surface area contributed by atoms with Crippen LogP contribution in [0.2, 0.25) is 0 Å². The zero-order valence-corrected chi connectivity index (χ0v) is 14.3. The Morgan fingerprint density at radius 1 is 1.35 bits per heavy atom. The number of H-pyrrole nitrogens is 1. The molecular formula is C17H20F3N5O. The number of aromatic amines is 1. The Hall–Kier alpha value is -2.13. The fraction of sp³-hybridized carbons (Fsp3) is 0.529. The van der Waals surface area contributed by atoms with E-state index in [9.17, 15) is 18.3 Å². The van der Waals surface area contributed by atoms with Gasteiger partial charge in [-0.3, -0.25) is 4.90 Å². The molecule has 3 aromatic heterocycles. The molecule has 1 aliphatic rings. The van der Waals surface area contributed by atoms with Crippen LogP contribution in [0.15, 0.2) is 18.5 Å². The first-order chi connectivity index (χ1) is 12.3. The Morgan fingerprint density at radius 2 is 2.08 bits per heavy atom. The first kappa shape index (κ1) is 17.3. The number of nitrogens with zero attached hydrogens (tertiary/aromatic N) is 4. The van der Waals surface area contributed by atoms with Crippen molar-refractivity contribution in [2.75, 3.05) is 19.6 Å². The molecule has 6 nitrogen and oxygen atoms in total.